The van der Waals surface area contributed by atoms with Crippen LogP contribution in [0.4, 0.5) is 4.79 Å². The first kappa shape index (κ1) is 16.7. The first-order valence-electron chi connectivity index (χ1n) is 8.42. The Morgan fingerprint density at radius 1 is 1.52 bits per heavy atom. The number of piperidine rings is 1. The quantitative estimate of drug-likeness (QED) is 0.918. The van der Waals surface area contributed by atoms with Gasteiger partial charge in [-0.25, -0.2) is 4.79 Å². The standard InChI is InChI=1S/C17H26N2O3S/c1-13(15-6-4-10-23-15)11-18-16(20)19-7-3-5-14(12-19)17(2)21-8-9-22-17/h4,6,10,13-14H,3,5,7-9,11-12H2,1-2H3,(H,18,20). The SMILES string of the molecule is CC(CNC(=O)N1CCCC(C2(C)OCCO2)C1)c1cccs1. The monoisotopic (exact) mass is 338 g/mol. The van der Waals surface area contributed by atoms with Gasteiger partial charge in [-0.05, 0) is 31.2 Å². The molecule has 5 nitrogen and oxygen atoms in total. The summed E-state index contributed by atoms with van der Waals surface area (Å²) < 4.78 is 11.6. The highest BCUT2D eigenvalue weighted by atomic mass is 32.1. The summed E-state index contributed by atoms with van der Waals surface area (Å²) in [5.74, 6) is 0.0706. The highest BCUT2D eigenvalue weighted by Gasteiger charge is 2.42. The van der Waals surface area contributed by atoms with Gasteiger partial charge in [0.15, 0.2) is 5.79 Å². The van der Waals surface area contributed by atoms with Crippen LogP contribution in [0.3, 0.4) is 0 Å². The first-order valence-corrected chi connectivity index (χ1v) is 9.30. The number of hydrogen-bond acceptors (Lipinski definition) is 4. The number of likely N-dealkylation sites (tertiary alicyclic amines) is 1. The van der Waals surface area contributed by atoms with E-state index in [1.807, 2.05) is 11.8 Å². The largest absolute Gasteiger partial charge is 0.347 e. The molecule has 0 aliphatic carbocycles. The number of nitrogens with zero attached hydrogens (tertiary/aromatic N) is 1. The van der Waals surface area contributed by atoms with Gasteiger partial charge in [0.2, 0.25) is 0 Å². The molecule has 2 aliphatic rings. The van der Waals surface area contributed by atoms with E-state index in [0.717, 1.165) is 19.4 Å². The van der Waals surface area contributed by atoms with Crippen molar-refractivity contribution >= 4 is 17.4 Å². The average molecular weight is 338 g/mol. The van der Waals surface area contributed by atoms with Gasteiger partial charge in [-0.1, -0.05) is 13.0 Å². The summed E-state index contributed by atoms with van der Waals surface area (Å²) in [5, 5.41) is 5.15. The Labute approximate surface area is 142 Å². The van der Waals surface area contributed by atoms with Crippen molar-refractivity contribution in [1.29, 1.82) is 0 Å². The lowest BCUT2D eigenvalue weighted by Crippen LogP contribution is -2.51. The van der Waals surface area contributed by atoms with Gasteiger partial charge in [-0.15, -0.1) is 11.3 Å². The fourth-order valence-corrected chi connectivity index (χ4v) is 4.17. The van der Waals surface area contributed by atoms with Crippen LogP contribution in [0.15, 0.2) is 17.5 Å². The van der Waals surface area contributed by atoms with Crippen molar-refractivity contribution in [3.05, 3.63) is 22.4 Å². The minimum absolute atomic E-state index is 0.0275. The maximum atomic E-state index is 12.5. The number of thiophene rings is 1. The van der Waals surface area contributed by atoms with Gasteiger partial charge < -0.3 is 19.7 Å². The molecule has 0 bridgehead atoms. The molecule has 2 saturated heterocycles. The van der Waals surface area contributed by atoms with Crippen molar-refractivity contribution in [2.45, 2.75) is 38.4 Å². The van der Waals surface area contributed by atoms with Crippen LogP contribution in [-0.2, 0) is 9.47 Å². The lowest BCUT2D eigenvalue weighted by atomic mass is 9.90. The van der Waals surface area contributed by atoms with Crippen molar-refractivity contribution in [3.63, 3.8) is 0 Å². The first-order chi connectivity index (χ1) is 11.1. The van der Waals surface area contributed by atoms with Gasteiger partial charge in [0, 0.05) is 36.3 Å². The van der Waals surface area contributed by atoms with Gasteiger partial charge >= 0.3 is 6.03 Å². The van der Waals surface area contributed by atoms with Gasteiger partial charge in [0.05, 0.1) is 13.2 Å². The van der Waals surface area contributed by atoms with Crippen LogP contribution in [0, 0.1) is 5.92 Å². The lowest BCUT2D eigenvalue weighted by Gasteiger charge is -2.39. The third kappa shape index (κ3) is 3.87. The highest BCUT2D eigenvalue weighted by Crippen LogP contribution is 2.34. The van der Waals surface area contributed by atoms with E-state index < -0.39 is 5.79 Å². The van der Waals surface area contributed by atoms with Crippen LogP contribution in [0.2, 0.25) is 0 Å². The predicted octanol–water partition coefficient (Wildman–Crippen LogP) is 3.04. The van der Waals surface area contributed by atoms with Crippen molar-refractivity contribution < 1.29 is 14.3 Å². The van der Waals surface area contributed by atoms with Crippen molar-refractivity contribution in [2.75, 3.05) is 32.8 Å². The molecule has 0 saturated carbocycles. The Morgan fingerprint density at radius 2 is 2.30 bits per heavy atom. The van der Waals surface area contributed by atoms with Gasteiger partial charge in [-0.3, -0.25) is 0 Å². The number of amides is 2. The maximum absolute atomic E-state index is 12.5. The number of rotatable bonds is 4. The van der Waals surface area contributed by atoms with Crippen molar-refractivity contribution in [2.24, 2.45) is 5.92 Å². The van der Waals surface area contributed by atoms with E-state index in [1.165, 1.54) is 4.88 Å². The Bertz CT molecular complexity index is 514. The van der Waals surface area contributed by atoms with Crippen LogP contribution in [0.1, 0.15) is 37.5 Å². The van der Waals surface area contributed by atoms with Crippen LogP contribution in [-0.4, -0.2) is 49.6 Å². The molecule has 2 atom stereocenters. The topological polar surface area (TPSA) is 50.8 Å². The molecule has 0 aromatic carbocycles. The molecule has 0 spiro atoms. The van der Waals surface area contributed by atoms with E-state index in [9.17, 15) is 4.79 Å². The molecule has 1 N–H and O–H groups in total. The Hall–Kier alpha value is -1.11. The molecule has 1 aromatic rings. The van der Waals surface area contributed by atoms with E-state index in [-0.39, 0.29) is 11.9 Å². The molecule has 6 heteroatoms. The van der Waals surface area contributed by atoms with Gasteiger partial charge in [0.25, 0.3) is 0 Å². The van der Waals surface area contributed by atoms with E-state index >= 15 is 0 Å². The Kier molecular flexibility index (Phi) is 5.24. The zero-order valence-corrected chi connectivity index (χ0v) is 14.7. The van der Waals surface area contributed by atoms with Crippen LogP contribution < -0.4 is 5.32 Å². The van der Waals surface area contributed by atoms with Gasteiger partial charge in [-0.2, -0.15) is 0 Å². The van der Waals surface area contributed by atoms with Crippen molar-refractivity contribution in [3.8, 4) is 0 Å². The summed E-state index contributed by atoms with van der Waals surface area (Å²) >= 11 is 1.74. The third-order valence-corrected chi connectivity index (χ3v) is 6.00. The summed E-state index contributed by atoms with van der Waals surface area (Å²) in [6, 6.07) is 4.20. The molecule has 2 fully saturated rings. The summed E-state index contributed by atoms with van der Waals surface area (Å²) in [4.78, 5) is 15.7. The molecule has 3 heterocycles. The highest BCUT2D eigenvalue weighted by molar-refractivity contribution is 7.10. The number of urea groups is 1. The third-order valence-electron chi connectivity index (χ3n) is 4.90. The normalized spacial score (nSPS) is 25.3. The molecule has 3 rings (SSSR count). The van der Waals surface area contributed by atoms with Crippen molar-refractivity contribution in [1.82, 2.24) is 10.2 Å². The summed E-state index contributed by atoms with van der Waals surface area (Å²) in [6.07, 6.45) is 2.05. The molecule has 128 valence electrons. The number of carbonyl (C=O) groups is 1. The predicted molar refractivity (Wildman–Crippen MR) is 90.7 cm³/mol. The molecule has 2 amide bonds. The summed E-state index contributed by atoms with van der Waals surface area (Å²) in [7, 11) is 0. The zero-order chi connectivity index (χ0) is 16.3. The number of nitrogens with one attached hydrogen (secondary N) is 1. The second kappa shape index (κ2) is 7.20. The van der Waals surface area contributed by atoms with Crippen LogP contribution in [0.5, 0.6) is 0 Å². The fourth-order valence-electron chi connectivity index (χ4n) is 3.38. The van der Waals surface area contributed by atoms with Gasteiger partial charge in [0.1, 0.15) is 0 Å². The number of carbonyl (C=O) groups excluding carboxylic acids is 1. The van der Waals surface area contributed by atoms with Crippen LogP contribution in [0.25, 0.3) is 0 Å². The van der Waals surface area contributed by atoms with Crippen LogP contribution >= 0.6 is 11.3 Å². The van der Waals surface area contributed by atoms with E-state index in [1.54, 1.807) is 11.3 Å². The van der Waals surface area contributed by atoms with E-state index in [0.29, 0.717) is 32.2 Å². The summed E-state index contributed by atoms with van der Waals surface area (Å²) in [6.45, 7) is 7.64. The smallest absolute Gasteiger partial charge is 0.317 e. The summed E-state index contributed by atoms with van der Waals surface area (Å²) in [5.41, 5.74) is 0. The Balaban J connectivity index is 1.51. The molecule has 1 aromatic heterocycles. The number of ether oxygens (including phenoxy) is 2. The molecular weight excluding hydrogens is 312 g/mol. The zero-order valence-electron chi connectivity index (χ0n) is 13.9. The second-order valence-electron chi connectivity index (χ2n) is 6.60. The minimum Gasteiger partial charge on any atom is -0.347 e. The molecule has 0 radical (unpaired) electrons. The lowest BCUT2D eigenvalue weighted by molar-refractivity contribution is -0.189. The number of hydrogen-bond donors (Lipinski definition) is 1. The molecular formula is C17H26N2O3S. The minimum atomic E-state index is -0.525. The molecule has 2 unspecified atom stereocenters. The maximum Gasteiger partial charge on any atom is 0.317 e. The fraction of sp³-hybridized carbons (Fsp3) is 0.706. The Morgan fingerprint density at radius 3 is 3.00 bits per heavy atom. The molecule has 23 heavy (non-hydrogen) atoms. The molecule has 2 aliphatic heterocycles. The second-order valence-corrected chi connectivity index (χ2v) is 7.58. The average Bonchev–Trinajstić information content (AvgIpc) is 3.25. The van der Waals surface area contributed by atoms with E-state index in [2.05, 4.69) is 29.8 Å². The van der Waals surface area contributed by atoms with E-state index in [4.69, 9.17) is 9.47 Å².